The summed E-state index contributed by atoms with van der Waals surface area (Å²) in [5.74, 6) is 1.57. The quantitative estimate of drug-likeness (QED) is 0.500. The van der Waals surface area contributed by atoms with E-state index in [1.807, 2.05) is 42.6 Å². The summed E-state index contributed by atoms with van der Waals surface area (Å²) in [7, 11) is 0. The van der Waals surface area contributed by atoms with E-state index in [-0.39, 0.29) is 11.8 Å². The Labute approximate surface area is 180 Å². The van der Waals surface area contributed by atoms with Gasteiger partial charge < -0.3 is 19.6 Å². The summed E-state index contributed by atoms with van der Waals surface area (Å²) in [6.45, 7) is 2.18. The lowest BCUT2D eigenvalue weighted by molar-refractivity contribution is -0.125. The third kappa shape index (κ3) is 4.17. The van der Waals surface area contributed by atoms with E-state index in [0.29, 0.717) is 24.5 Å². The molecule has 2 N–H and O–H groups in total. The van der Waals surface area contributed by atoms with Crippen LogP contribution in [0.1, 0.15) is 18.4 Å². The molecule has 7 heteroatoms. The molecule has 31 heavy (non-hydrogen) atoms. The van der Waals surface area contributed by atoms with Crippen LogP contribution in [0.15, 0.2) is 65.4 Å². The first-order valence-electron chi connectivity index (χ1n) is 10.7. The van der Waals surface area contributed by atoms with Crippen LogP contribution in [0.5, 0.6) is 0 Å². The number of hydrogen-bond acceptors (Lipinski definition) is 5. The maximum absolute atomic E-state index is 12.8. The highest BCUT2D eigenvalue weighted by Crippen LogP contribution is 2.24. The van der Waals surface area contributed by atoms with Crippen molar-refractivity contribution in [2.75, 3.05) is 24.5 Å². The first kappa shape index (κ1) is 19.4. The second-order valence-electron chi connectivity index (χ2n) is 7.94. The molecule has 1 saturated heterocycles. The van der Waals surface area contributed by atoms with Crippen LogP contribution in [-0.2, 0) is 11.2 Å². The van der Waals surface area contributed by atoms with Crippen molar-refractivity contribution in [3.05, 3.63) is 66.6 Å². The lowest BCUT2D eigenvalue weighted by Crippen LogP contribution is -2.43. The molecule has 1 aliphatic rings. The van der Waals surface area contributed by atoms with Crippen LogP contribution in [0.3, 0.4) is 0 Å². The number of furan rings is 1. The Morgan fingerprint density at radius 2 is 2.10 bits per heavy atom. The smallest absolute Gasteiger partial charge is 0.224 e. The van der Waals surface area contributed by atoms with Crippen molar-refractivity contribution in [3.63, 3.8) is 0 Å². The molecule has 1 aliphatic heterocycles. The van der Waals surface area contributed by atoms with E-state index in [1.54, 1.807) is 6.26 Å². The Bertz CT molecular complexity index is 1150. The lowest BCUT2D eigenvalue weighted by Gasteiger charge is -2.32. The van der Waals surface area contributed by atoms with E-state index in [4.69, 9.17) is 4.42 Å². The highest BCUT2D eigenvalue weighted by atomic mass is 16.3. The van der Waals surface area contributed by atoms with Gasteiger partial charge in [0.05, 0.1) is 12.2 Å². The minimum atomic E-state index is -0.0386. The zero-order chi connectivity index (χ0) is 21.0. The Morgan fingerprint density at radius 3 is 2.94 bits per heavy atom. The minimum Gasteiger partial charge on any atom is -0.463 e. The molecule has 0 bridgehead atoms. The molecular formula is C24H25N5O2. The van der Waals surface area contributed by atoms with Crippen LogP contribution < -0.4 is 10.2 Å². The van der Waals surface area contributed by atoms with Gasteiger partial charge in [-0.1, -0.05) is 18.2 Å². The third-order valence-electron chi connectivity index (χ3n) is 5.91. The first-order valence-corrected chi connectivity index (χ1v) is 10.7. The number of fused-ring (bicyclic) bond motifs is 1. The Kier molecular flexibility index (Phi) is 5.39. The molecule has 5 rings (SSSR count). The average molecular weight is 415 g/mol. The monoisotopic (exact) mass is 415 g/mol. The molecule has 1 amide bonds. The first-order chi connectivity index (χ1) is 15.3. The molecule has 4 aromatic rings. The van der Waals surface area contributed by atoms with Gasteiger partial charge in [-0.05, 0) is 55.2 Å². The number of anilines is 1. The predicted molar refractivity (Wildman–Crippen MR) is 120 cm³/mol. The molecule has 0 saturated carbocycles. The molecule has 3 aromatic heterocycles. The highest BCUT2D eigenvalue weighted by Gasteiger charge is 2.26. The second-order valence-corrected chi connectivity index (χ2v) is 7.94. The number of para-hydroxylation sites is 1. The van der Waals surface area contributed by atoms with Crippen LogP contribution in [-0.4, -0.2) is 40.7 Å². The molecule has 4 heterocycles. The maximum atomic E-state index is 12.8. The van der Waals surface area contributed by atoms with E-state index in [1.165, 1.54) is 10.9 Å². The number of nitrogens with zero attached hydrogens (tertiary/aromatic N) is 3. The fourth-order valence-electron chi connectivity index (χ4n) is 4.25. The van der Waals surface area contributed by atoms with Crippen molar-refractivity contribution in [2.45, 2.75) is 19.3 Å². The van der Waals surface area contributed by atoms with Gasteiger partial charge in [0.15, 0.2) is 11.6 Å². The normalized spacial score (nSPS) is 16.5. The van der Waals surface area contributed by atoms with E-state index in [2.05, 4.69) is 37.5 Å². The van der Waals surface area contributed by atoms with E-state index < -0.39 is 0 Å². The number of nitrogens with one attached hydrogen (secondary N) is 2. The molecule has 1 aromatic carbocycles. The zero-order valence-corrected chi connectivity index (χ0v) is 17.3. The number of benzene rings is 1. The van der Waals surface area contributed by atoms with Gasteiger partial charge in [0.25, 0.3) is 0 Å². The number of aromatic amines is 1. The van der Waals surface area contributed by atoms with E-state index in [0.717, 1.165) is 37.1 Å². The summed E-state index contributed by atoms with van der Waals surface area (Å²) in [4.78, 5) is 18.2. The summed E-state index contributed by atoms with van der Waals surface area (Å²) < 4.78 is 5.37. The number of amides is 1. The Hall–Kier alpha value is -3.61. The van der Waals surface area contributed by atoms with E-state index in [9.17, 15) is 4.79 Å². The van der Waals surface area contributed by atoms with Gasteiger partial charge in [-0.25, -0.2) is 0 Å². The standard InChI is InChI=1S/C24H25N5O2/c30-24(25-12-11-17-15-26-20-7-2-1-6-19(17)20)18-5-3-13-29(16-18)23-10-9-21(27-28-23)22-8-4-14-31-22/h1-2,4,6-10,14-15,18,26H,3,5,11-13,16H2,(H,25,30)/t18-/m1/s1. The topological polar surface area (TPSA) is 87.0 Å². The SMILES string of the molecule is O=C(NCCc1c[nH]c2ccccc12)[C@@H]1CCCN(c2ccc(-c3ccco3)nn2)C1. The van der Waals surface area contributed by atoms with Crippen molar-refractivity contribution >= 4 is 22.6 Å². The molecule has 0 radical (unpaired) electrons. The lowest BCUT2D eigenvalue weighted by atomic mass is 9.97. The van der Waals surface area contributed by atoms with Gasteiger partial charge in [0.1, 0.15) is 5.69 Å². The number of aromatic nitrogens is 3. The summed E-state index contributed by atoms with van der Waals surface area (Å²) in [6.07, 6.45) is 6.32. The Morgan fingerprint density at radius 1 is 1.16 bits per heavy atom. The molecule has 158 valence electrons. The maximum Gasteiger partial charge on any atom is 0.224 e. The van der Waals surface area contributed by atoms with Crippen molar-refractivity contribution < 1.29 is 9.21 Å². The third-order valence-corrected chi connectivity index (χ3v) is 5.91. The highest BCUT2D eigenvalue weighted by molar-refractivity contribution is 5.83. The van der Waals surface area contributed by atoms with Crippen LogP contribution in [0.25, 0.3) is 22.4 Å². The van der Waals surface area contributed by atoms with Crippen molar-refractivity contribution in [2.24, 2.45) is 5.92 Å². The summed E-state index contributed by atoms with van der Waals surface area (Å²) in [6, 6.07) is 15.8. The fraction of sp³-hybridized carbons (Fsp3) is 0.292. The zero-order valence-electron chi connectivity index (χ0n) is 17.3. The molecule has 7 nitrogen and oxygen atoms in total. The van der Waals surface area contributed by atoms with Crippen molar-refractivity contribution in [3.8, 4) is 11.5 Å². The number of H-pyrrole nitrogens is 1. The second kappa shape index (κ2) is 8.63. The number of carbonyl (C=O) groups excluding carboxylic acids is 1. The number of piperidine rings is 1. The summed E-state index contributed by atoms with van der Waals surface area (Å²) in [5.41, 5.74) is 3.07. The molecule has 0 aliphatic carbocycles. The summed E-state index contributed by atoms with van der Waals surface area (Å²) >= 11 is 0. The van der Waals surface area contributed by atoms with Crippen molar-refractivity contribution in [1.82, 2.24) is 20.5 Å². The van der Waals surface area contributed by atoms with Crippen molar-refractivity contribution in [1.29, 1.82) is 0 Å². The van der Waals surface area contributed by atoms with Crippen LogP contribution >= 0.6 is 0 Å². The molecule has 1 atom stereocenters. The van der Waals surface area contributed by atoms with Crippen LogP contribution in [0, 0.1) is 5.92 Å². The predicted octanol–water partition coefficient (Wildman–Crippen LogP) is 3.79. The van der Waals surface area contributed by atoms with Crippen LogP contribution in [0.2, 0.25) is 0 Å². The summed E-state index contributed by atoms with van der Waals surface area (Å²) in [5, 5.41) is 13.0. The van der Waals surface area contributed by atoms with Gasteiger partial charge in [-0.15, -0.1) is 10.2 Å². The van der Waals surface area contributed by atoms with Gasteiger partial charge >= 0.3 is 0 Å². The number of carbonyl (C=O) groups is 1. The van der Waals surface area contributed by atoms with Gasteiger partial charge in [-0.2, -0.15) is 0 Å². The van der Waals surface area contributed by atoms with Gasteiger partial charge in [0, 0.05) is 36.7 Å². The van der Waals surface area contributed by atoms with Gasteiger partial charge in [-0.3, -0.25) is 4.79 Å². The fourth-order valence-corrected chi connectivity index (χ4v) is 4.25. The Balaban J connectivity index is 1.16. The minimum absolute atomic E-state index is 0.0386. The number of hydrogen-bond donors (Lipinski definition) is 2. The largest absolute Gasteiger partial charge is 0.463 e. The molecule has 1 fully saturated rings. The average Bonchev–Trinajstić information content (AvgIpc) is 3.50. The van der Waals surface area contributed by atoms with Crippen LogP contribution in [0.4, 0.5) is 5.82 Å². The molecule has 0 spiro atoms. The van der Waals surface area contributed by atoms with E-state index >= 15 is 0 Å². The van der Waals surface area contributed by atoms with Gasteiger partial charge in [0.2, 0.25) is 5.91 Å². The molecular weight excluding hydrogens is 390 g/mol. The number of rotatable bonds is 6. The molecule has 0 unspecified atom stereocenters.